The normalized spacial score (nSPS) is 10.2. The lowest BCUT2D eigenvalue weighted by molar-refractivity contribution is -0.149. The van der Waals surface area contributed by atoms with E-state index in [1.807, 2.05) is 39.0 Å². The Morgan fingerprint density at radius 3 is 2.60 bits per heavy atom. The molecule has 1 N–H and O–H groups in total. The van der Waals surface area contributed by atoms with Gasteiger partial charge in [0, 0.05) is 5.69 Å². The fourth-order valence-corrected chi connectivity index (χ4v) is 2.29. The van der Waals surface area contributed by atoms with Gasteiger partial charge in [-0.2, -0.15) is 0 Å². The van der Waals surface area contributed by atoms with Gasteiger partial charge in [-0.05, 0) is 55.7 Å². The van der Waals surface area contributed by atoms with Crippen LogP contribution in [-0.2, 0) is 14.3 Å². The van der Waals surface area contributed by atoms with Crippen LogP contribution in [0.4, 0.5) is 5.69 Å². The molecule has 0 aliphatic rings. The van der Waals surface area contributed by atoms with E-state index in [4.69, 9.17) is 21.1 Å². The SMILES string of the molecule is Cc1ccc(Cl)c(OCC(=O)OCC(=O)Nc2cccc(C)c2C)c1. The van der Waals surface area contributed by atoms with Crippen molar-refractivity contribution < 1.29 is 19.1 Å². The molecular formula is C19H20ClNO4. The van der Waals surface area contributed by atoms with E-state index < -0.39 is 11.9 Å². The third-order valence-corrected chi connectivity index (χ3v) is 3.99. The van der Waals surface area contributed by atoms with Crippen molar-refractivity contribution >= 4 is 29.2 Å². The number of halogens is 1. The number of ether oxygens (including phenoxy) is 2. The molecule has 0 aliphatic heterocycles. The lowest BCUT2D eigenvalue weighted by Crippen LogP contribution is -2.24. The summed E-state index contributed by atoms with van der Waals surface area (Å²) in [5.41, 5.74) is 3.70. The maximum absolute atomic E-state index is 11.9. The highest BCUT2D eigenvalue weighted by Gasteiger charge is 2.11. The molecule has 0 aliphatic carbocycles. The lowest BCUT2D eigenvalue weighted by Gasteiger charge is -2.11. The molecule has 0 fully saturated rings. The minimum Gasteiger partial charge on any atom is -0.480 e. The number of amides is 1. The maximum Gasteiger partial charge on any atom is 0.344 e. The number of esters is 1. The van der Waals surface area contributed by atoms with E-state index in [1.165, 1.54) is 0 Å². The molecule has 0 spiro atoms. The van der Waals surface area contributed by atoms with Crippen molar-refractivity contribution in [3.05, 3.63) is 58.1 Å². The summed E-state index contributed by atoms with van der Waals surface area (Å²) in [5.74, 6) is -0.650. The number of carbonyl (C=O) groups excluding carboxylic acids is 2. The molecular weight excluding hydrogens is 342 g/mol. The Bertz CT molecular complexity index is 789. The average Bonchev–Trinajstić information content (AvgIpc) is 2.58. The molecule has 0 heterocycles. The van der Waals surface area contributed by atoms with E-state index >= 15 is 0 Å². The van der Waals surface area contributed by atoms with E-state index in [0.717, 1.165) is 16.7 Å². The summed E-state index contributed by atoms with van der Waals surface area (Å²) >= 11 is 5.98. The van der Waals surface area contributed by atoms with E-state index in [2.05, 4.69) is 5.32 Å². The van der Waals surface area contributed by atoms with Crippen LogP contribution in [0.2, 0.25) is 5.02 Å². The second-order valence-corrected chi connectivity index (χ2v) is 6.09. The summed E-state index contributed by atoms with van der Waals surface area (Å²) in [7, 11) is 0. The molecule has 6 heteroatoms. The summed E-state index contributed by atoms with van der Waals surface area (Å²) in [5, 5.41) is 3.13. The third kappa shape index (κ3) is 5.50. The Hall–Kier alpha value is -2.53. The first-order chi connectivity index (χ1) is 11.9. The zero-order valence-electron chi connectivity index (χ0n) is 14.4. The van der Waals surface area contributed by atoms with Gasteiger partial charge in [-0.1, -0.05) is 29.8 Å². The van der Waals surface area contributed by atoms with Crippen LogP contribution < -0.4 is 10.1 Å². The maximum atomic E-state index is 11.9. The van der Waals surface area contributed by atoms with Crippen LogP contribution >= 0.6 is 11.6 Å². The lowest BCUT2D eigenvalue weighted by atomic mass is 10.1. The van der Waals surface area contributed by atoms with Gasteiger partial charge in [0.2, 0.25) is 0 Å². The molecule has 2 aromatic carbocycles. The summed E-state index contributed by atoms with van der Waals surface area (Å²) < 4.78 is 10.2. The number of hydrogen-bond donors (Lipinski definition) is 1. The minimum absolute atomic E-state index is 0.320. The molecule has 0 saturated heterocycles. The van der Waals surface area contributed by atoms with Gasteiger partial charge in [0.25, 0.3) is 5.91 Å². The van der Waals surface area contributed by atoms with Crippen molar-refractivity contribution in [1.29, 1.82) is 0 Å². The van der Waals surface area contributed by atoms with Crippen LogP contribution in [0.5, 0.6) is 5.75 Å². The first kappa shape index (κ1) is 18.8. The van der Waals surface area contributed by atoms with Crippen molar-refractivity contribution in [3.8, 4) is 5.75 Å². The number of aryl methyl sites for hydroxylation is 2. The predicted octanol–water partition coefficient (Wildman–Crippen LogP) is 3.83. The van der Waals surface area contributed by atoms with Crippen molar-refractivity contribution in [3.63, 3.8) is 0 Å². The van der Waals surface area contributed by atoms with Gasteiger partial charge in [-0.25, -0.2) is 4.79 Å². The van der Waals surface area contributed by atoms with Gasteiger partial charge in [0.15, 0.2) is 13.2 Å². The Labute approximate surface area is 151 Å². The van der Waals surface area contributed by atoms with Gasteiger partial charge in [0.05, 0.1) is 5.02 Å². The molecule has 0 aromatic heterocycles. The van der Waals surface area contributed by atoms with Crippen molar-refractivity contribution in [1.82, 2.24) is 0 Å². The van der Waals surface area contributed by atoms with Crippen LogP contribution in [0.1, 0.15) is 16.7 Å². The van der Waals surface area contributed by atoms with E-state index in [1.54, 1.807) is 18.2 Å². The van der Waals surface area contributed by atoms with Crippen LogP contribution in [0.15, 0.2) is 36.4 Å². The topological polar surface area (TPSA) is 64.6 Å². The summed E-state index contributed by atoms with van der Waals surface area (Å²) in [6.45, 7) is 5.06. The number of anilines is 1. The fraction of sp³-hybridized carbons (Fsp3) is 0.263. The largest absolute Gasteiger partial charge is 0.480 e. The summed E-state index contributed by atoms with van der Waals surface area (Å²) in [6.07, 6.45) is 0. The molecule has 0 bridgehead atoms. The van der Waals surface area contributed by atoms with Crippen LogP contribution in [0, 0.1) is 20.8 Å². The zero-order valence-corrected chi connectivity index (χ0v) is 15.1. The summed E-state index contributed by atoms with van der Waals surface area (Å²) in [6, 6.07) is 10.9. The molecule has 0 unspecified atom stereocenters. The Kier molecular flexibility index (Phi) is 6.42. The molecule has 0 atom stereocenters. The van der Waals surface area contributed by atoms with Crippen LogP contribution in [-0.4, -0.2) is 25.1 Å². The Balaban J connectivity index is 1.80. The van der Waals surface area contributed by atoms with Crippen molar-refractivity contribution in [2.45, 2.75) is 20.8 Å². The van der Waals surface area contributed by atoms with Crippen molar-refractivity contribution in [2.24, 2.45) is 0 Å². The van der Waals surface area contributed by atoms with E-state index in [9.17, 15) is 9.59 Å². The highest BCUT2D eigenvalue weighted by Crippen LogP contribution is 2.25. The van der Waals surface area contributed by atoms with Gasteiger partial charge >= 0.3 is 5.97 Å². The Morgan fingerprint density at radius 1 is 1.08 bits per heavy atom. The smallest absolute Gasteiger partial charge is 0.344 e. The number of benzene rings is 2. The van der Waals surface area contributed by atoms with Gasteiger partial charge < -0.3 is 14.8 Å². The van der Waals surface area contributed by atoms with Crippen molar-refractivity contribution in [2.75, 3.05) is 18.5 Å². The van der Waals surface area contributed by atoms with E-state index in [-0.39, 0.29) is 13.2 Å². The first-order valence-electron chi connectivity index (χ1n) is 7.77. The van der Waals surface area contributed by atoms with Crippen LogP contribution in [0.25, 0.3) is 0 Å². The molecule has 25 heavy (non-hydrogen) atoms. The van der Waals surface area contributed by atoms with Gasteiger partial charge in [-0.3, -0.25) is 4.79 Å². The molecule has 2 aromatic rings. The highest BCUT2D eigenvalue weighted by atomic mass is 35.5. The fourth-order valence-electron chi connectivity index (χ4n) is 2.12. The van der Waals surface area contributed by atoms with Gasteiger partial charge in [0.1, 0.15) is 5.75 Å². The first-order valence-corrected chi connectivity index (χ1v) is 8.15. The number of hydrogen-bond acceptors (Lipinski definition) is 4. The molecule has 5 nitrogen and oxygen atoms in total. The number of nitrogens with one attached hydrogen (secondary N) is 1. The molecule has 1 amide bonds. The summed E-state index contributed by atoms with van der Waals surface area (Å²) in [4.78, 5) is 23.6. The van der Waals surface area contributed by atoms with Crippen LogP contribution in [0.3, 0.4) is 0 Å². The second-order valence-electron chi connectivity index (χ2n) is 5.68. The van der Waals surface area contributed by atoms with E-state index in [0.29, 0.717) is 16.5 Å². The molecule has 0 radical (unpaired) electrons. The quantitative estimate of drug-likeness (QED) is 0.794. The minimum atomic E-state index is -0.645. The predicted molar refractivity (Wildman–Crippen MR) is 97.2 cm³/mol. The highest BCUT2D eigenvalue weighted by molar-refractivity contribution is 6.32. The molecule has 132 valence electrons. The average molecular weight is 362 g/mol. The number of rotatable bonds is 6. The standard InChI is InChI=1S/C19H20ClNO4/c1-12-7-8-15(20)17(9-12)24-11-19(23)25-10-18(22)21-16-6-4-5-13(2)14(16)3/h4-9H,10-11H2,1-3H3,(H,21,22). The Morgan fingerprint density at radius 2 is 1.84 bits per heavy atom. The monoisotopic (exact) mass is 361 g/mol. The third-order valence-electron chi connectivity index (χ3n) is 3.68. The van der Waals surface area contributed by atoms with Gasteiger partial charge in [-0.15, -0.1) is 0 Å². The molecule has 0 saturated carbocycles. The number of carbonyl (C=O) groups is 2. The molecule has 2 rings (SSSR count). The zero-order chi connectivity index (χ0) is 18.4. The second kappa shape index (κ2) is 8.53.